The van der Waals surface area contributed by atoms with Gasteiger partial charge in [-0.15, -0.1) is 0 Å². The van der Waals surface area contributed by atoms with Crippen molar-refractivity contribution in [3.8, 4) is 0 Å². The van der Waals surface area contributed by atoms with E-state index in [0.717, 1.165) is 0 Å². The van der Waals surface area contributed by atoms with Gasteiger partial charge in [-0.1, -0.05) is 0 Å². The molecule has 1 heterocycles. The summed E-state index contributed by atoms with van der Waals surface area (Å²) in [5, 5.41) is 0. The maximum atomic E-state index is 6.47. The molecule has 0 bridgehead atoms. The van der Waals surface area contributed by atoms with Crippen molar-refractivity contribution in [1.29, 1.82) is 0 Å². The van der Waals surface area contributed by atoms with Gasteiger partial charge in [0, 0.05) is 6.92 Å². The molecule has 21 valence electrons. The van der Waals surface area contributed by atoms with Crippen molar-refractivity contribution in [2.24, 2.45) is 0 Å². The van der Waals surface area contributed by atoms with Crippen LogP contribution in [0.2, 0.25) is 0 Å². The van der Waals surface area contributed by atoms with E-state index in [1.165, 1.54) is 0 Å². The van der Waals surface area contributed by atoms with Crippen LogP contribution in [0.25, 0.3) is 0 Å². The molecule has 0 saturated carbocycles. The molecule has 1 atom stereocenters. The number of epoxide rings is 1. The maximum Gasteiger partial charge on any atom is 0.0886 e. The molecule has 1 unspecified atom stereocenters. The second-order valence-corrected chi connectivity index (χ2v) is 0.822. The van der Waals surface area contributed by atoms with Crippen LogP contribution in [0.5, 0.6) is 0 Å². The van der Waals surface area contributed by atoms with Crippen molar-refractivity contribution in [2.75, 3.05) is 6.61 Å². The minimum absolute atomic E-state index is 0.167. The van der Waals surface area contributed by atoms with E-state index in [9.17, 15) is 0 Å². The average molecular weight is 55.1 g/mol. The van der Waals surface area contributed by atoms with E-state index in [-0.39, 0.29) is 6.10 Å². The van der Waals surface area contributed by atoms with E-state index >= 15 is 0 Å². The van der Waals surface area contributed by atoms with Gasteiger partial charge in [0.15, 0.2) is 0 Å². The summed E-state index contributed by atoms with van der Waals surface area (Å²) in [4.78, 5) is 0. The van der Waals surface area contributed by atoms with Crippen molar-refractivity contribution < 1.29 is 4.74 Å². The first-order valence-corrected chi connectivity index (χ1v) is 1.22. The lowest BCUT2D eigenvalue weighted by Crippen LogP contribution is -1.61. The Hall–Kier alpha value is -0.0400. The quantitative estimate of drug-likeness (QED) is 0.354. The number of rotatable bonds is 0. The Morgan fingerprint density at radius 3 is 2.25 bits per heavy atom. The molecule has 1 nitrogen and oxygen atoms in total. The van der Waals surface area contributed by atoms with E-state index in [2.05, 4.69) is 4.74 Å². The lowest BCUT2D eigenvalue weighted by Gasteiger charge is -1.49. The molecule has 0 aliphatic carbocycles. The molecule has 1 aliphatic heterocycles. The molecule has 1 heteroatoms. The second kappa shape index (κ2) is 0.462. The van der Waals surface area contributed by atoms with Gasteiger partial charge in [-0.25, -0.2) is 0 Å². The van der Waals surface area contributed by atoms with Crippen molar-refractivity contribution in [3.05, 3.63) is 6.92 Å². The van der Waals surface area contributed by atoms with E-state index in [0.29, 0.717) is 6.61 Å². The predicted molar refractivity (Wildman–Crippen MR) is 13.0 cm³/mol. The third-order valence-corrected chi connectivity index (χ3v) is 0.333. The van der Waals surface area contributed by atoms with Gasteiger partial charge < -0.3 is 4.74 Å². The van der Waals surface area contributed by atoms with Crippen LogP contribution in [0.3, 0.4) is 0 Å². The Morgan fingerprint density at radius 2 is 2.25 bits per heavy atom. The molecule has 1 fully saturated rings. The van der Waals surface area contributed by atoms with Gasteiger partial charge in [-0.3, -0.25) is 0 Å². The average Bonchev–Trinajstić information content (AvgIpc) is 1.75. The Labute approximate surface area is 25.6 Å². The van der Waals surface area contributed by atoms with Gasteiger partial charge in [-0.2, -0.15) is 0 Å². The highest BCUT2D eigenvalue weighted by molar-refractivity contribution is 4.69. The van der Waals surface area contributed by atoms with Crippen LogP contribution in [0.4, 0.5) is 0 Å². The molecule has 0 N–H and O–H groups in total. The maximum absolute atomic E-state index is 6.47. The van der Waals surface area contributed by atoms with Gasteiger partial charge in [0.1, 0.15) is 0 Å². The minimum atomic E-state index is -0.167. The highest BCUT2D eigenvalue weighted by atomic mass is 16.6. The summed E-state index contributed by atoms with van der Waals surface area (Å²) in [7, 11) is 0. The van der Waals surface area contributed by atoms with Crippen LogP contribution in [0.15, 0.2) is 0 Å². The zero-order chi connectivity index (χ0) is 2.99. The fourth-order valence-corrected chi connectivity index (χ4v) is 0.0481. The van der Waals surface area contributed by atoms with Gasteiger partial charge in [0.25, 0.3) is 0 Å². The summed E-state index contributed by atoms with van der Waals surface area (Å²) in [6, 6.07) is 0. The van der Waals surface area contributed by atoms with Crippen LogP contribution in [-0.4, -0.2) is 12.7 Å². The first-order chi connectivity index (χ1) is 1.89. The number of hydrogen-bond acceptors (Lipinski definition) is 1. The fraction of sp³-hybridized carbons (Fsp3) is 0.667. The van der Waals surface area contributed by atoms with Crippen LogP contribution < -0.4 is 0 Å². The smallest absolute Gasteiger partial charge is 0.0886 e. The first kappa shape index (κ1) is 2.21. The van der Waals surface area contributed by atoms with Crippen molar-refractivity contribution in [1.82, 2.24) is 0 Å². The zero-order valence-corrected chi connectivity index (χ0v) is 2.19. The van der Waals surface area contributed by atoms with Crippen LogP contribution in [0.1, 0.15) is 0 Å². The largest absolute Gasteiger partial charge is 0.372 e. The fourth-order valence-electron chi connectivity index (χ4n) is 0.0481. The summed E-state index contributed by atoms with van der Waals surface area (Å²) in [6.07, 6.45) is -0.167. The third-order valence-electron chi connectivity index (χ3n) is 0.333. The summed E-state index contributed by atoms with van der Waals surface area (Å²) in [6.45, 7) is 7.12. The highest BCUT2D eigenvalue weighted by Gasteiger charge is 2.14. The molecule has 0 aromatic carbocycles. The molecular weight excluding hydrogens is 52.0 g/mol. The Bertz CT molecular complexity index is 22.5. The van der Waals surface area contributed by atoms with E-state index in [1.807, 2.05) is 0 Å². The molecule has 3 radical (unpaired) electrons. The minimum Gasteiger partial charge on any atom is -0.372 e. The monoisotopic (exact) mass is 55.0 g/mol. The summed E-state index contributed by atoms with van der Waals surface area (Å²) in [5.41, 5.74) is 0. The Morgan fingerprint density at radius 1 is 2.00 bits per heavy atom. The topological polar surface area (TPSA) is 12.5 Å². The highest BCUT2D eigenvalue weighted by Crippen LogP contribution is 2.03. The first-order valence-electron chi connectivity index (χ1n) is 1.22. The summed E-state index contributed by atoms with van der Waals surface area (Å²) >= 11 is 0. The van der Waals surface area contributed by atoms with E-state index in [4.69, 9.17) is 6.92 Å². The van der Waals surface area contributed by atoms with Crippen molar-refractivity contribution in [3.63, 3.8) is 0 Å². The Kier molecular flexibility index (Phi) is 0.256. The van der Waals surface area contributed by atoms with Crippen LogP contribution >= 0.6 is 0 Å². The SMILES string of the molecule is [C]C1CO1. The summed E-state index contributed by atoms with van der Waals surface area (Å²) < 4.78 is 4.38. The molecule has 0 amide bonds. The summed E-state index contributed by atoms with van der Waals surface area (Å²) in [5.74, 6) is 0. The lowest BCUT2D eigenvalue weighted by atomic mass is 10.6. The lowest BCUT2D eigenvalue weighted by molar-refractivity contribution is 0.439. The van der Waals surface area contributed by atoms with Gasteiger partial charge in [0.05, 0.1) is 12.7 Å². The second-order valence-electron chi connectivity index (χ2n) is 0.822. The molecular formula is C3H3O. The van der Waals surface area contributed by atoms with Gasteiger partial charge in [0.2, 0.25) is 0 Å². The van der Waals surface area contributed by atoms with Crippen LogP contribution in [-0.2, 0) is 4.74 Å². The van der Waals surface area contributed by atoms with Gasteiger partial charge >= 0.3 is 0 Å². The molecule has 0 aromatic rings. The van der Waals surface area contributed by atoms with Crippen LogP contribution in [0, 0.1) is 6.92 Å². The van der Waals surface area contributed by atoms with Gasteiger partial charge in [-0.05, 0) is 0 Å². The zero-order valence-electron chi connectivity index (χ0n) is 2.19. The predicted octanol–water partition coefficient (Wildman–Crippen LogP) is -0.0267. The number of hydrogen-bond donors (Lipinski definition) is 0. The van der Waals surface area contributed by atoms with Crippen molar-refractivity contribution >= 4 is 0 Å². The van der Waals surface area contributed by atoms with Crippen molar-refractivity contribution in [2.45, 2.75) is 6.10 Å². The normalized spacial score (nSPS) is 39.8. The molecule has 0 aromatic heterocycles. The Balaban J connectivity index is 2.17. The van der Waals surface area contributed by atoms with E-state index in [1.54, 1.807) is 0 Å². The molecule has 4 heavy (non-hydrogen) atoms. The molecule has 1 aliphatic rings. The molecule has 0 spiro atoms. The number of ether oxygens (including phenoxy) is 1. The third kappa shape index (κ3) is 0.206. The van der Waals surface area contributed by atoms with E-state index < -0.39 is 0 Å². The molecule has 1 rings (SSSR count). The standard InChI is InChI=1S/C3H3O/c1-3-2-4-3/h3H,2H2. The molecule has 1 saturated heterocycles.